The Bertz CT molecular complexity index is 829. The van der Waals surface area contributed by atoms with Crippen molar-refractivity contribution in [3.63, 3.8) is 0 Å². The van der Waals surface area contributed by atoms with Gasteiger partial charge < -0.3 is 9.47 Å². The summed E-state index contributed by atoms with van der Waals surface area (Å²) >= 11 is 0. The van der Waals surface area contributed by atoms with Gasteiger partial charge in [-0.2, -0.15) is 8.78 Å². The van der Waals surface area contributed by atoms with Gasteiger partial charge in [-0.05, 0) is 107 Å². The average Bonchev–Trinajstić information content (AvgIpc) is 2.91. The normalized spacial score (nSPS) is 51.3. The molecule has 244 valence electrons. The van der Waals surface area contributed by atoms with Crippen LogP contribution >= 0.6 is 0 Å². The third-order valence-corrected chi connectivity index (χ3v) is 11.2. The van der Waals surface area contributed by atoms with Crippen molar-refractivity contribution in [2.24, 2.45) is 41.4 Å². The Labute approximate surface area is 242 Å². The quantitative estimate of drug-likeness (QED) is 0.277. The highest BCUT2D eigenvalue weighted by Crippen LogP contribution is 2.51. The van der Waals surface area contributed by atoms with Gasteiger partial charge in [0.15, 0.2) is 6.17 Å². The molecule has 0 N–H and O–H groups in total. The molecule has 5 rings (SSSR count). The first-order valence-electron chi connectivity index (χ1n) is 16.0. The van der Waals surface area contributed by atoms with Gasteiger partial charge >= 0.3 is 6.11 Å². The summed E-state index contributed by atoms with van der Waals surface area (Å²) in [5, 5.41) is 0. The van der Waals surface area contributed by atoms with E-state index in [0.717, 1.165) is 6.42 Å². The molecular weight excluding hydrogens is 575 g/mol. The molecule has 0 bridgehead atoms. The van der Waals surface area contributed by atoms with Gasteiger partial charge in [0.25, 0.3) is 0 Å². The smallest absolute Gasteiger partial charge is 0.364 e. The second-order valence-electron chi connectivity index (χ2n) is 14.1. The lowest BCUT2D eigenvalue weighted by Crippen LogP contribution is -2.53. The summed E-state index contributed by atoms with van der Waals surface area (Å²) in [5.41, 5.74) is 0. The van der Waals surface area contributed by atoms with Crippen LogP contribution in [0.3, 0.4) is 0 Å². The minimum absolute atomic E-state index is 0.0348. The van der Waals surface area contributed by atoms with Crippen LogP contribution in [0, 0.1) is 41.4 Å². The molecule has 5 aliphatic rings. The van der Waals surface area contributed by atoms with Crippen molar-refractivity contribution in [2.45, 2.75) is 145 Å². The molecule has 4 aliphatic carbocycles. The van der Waals surface area contributed by atoms with Crippen LogP contribution in [-0.4, -0.2) is 68.1 Å². The number of alkyl halides is 9. The molecular formula is C31H45F9O2. The van der Waals surface area contributed by atoms with Crippen molar-refractivity contribution < 1.29 is 49.0 Å². The van der Waals surface area contributed by atoms with E-state index in [4.69, 9.17) is 9.47 Å². The fraction of sp³-hybridized carbons (Fsp3) is 1.00. The van der Waals surface area contributed by atoms with Crippen LogP contribution in [0.5, 0.6) is 0 Å². The van der Waals surface area contributed by atoms with Gasteiger partial charge in [-0.3, -0.25) is 0 Å². The van der Waals surface area contributed by atoms with Gasteiger partial charge in [0, 0.05) is 12.5 Å². The van der Waals surface area contributed by atoms with Crippen molar-refractivity contribution in [1.82, 2.24) is 0 Å². The van der Waals surface area contributed by atoms with Crippen LogP contribution in [0.1, 0.15) is 84.0 Å². The van der Waals surface area contributed by atoms with Gasteiger partial charge in [-0.25, -0.2) is 30.7 Å². The van der Waals surface area contributed by atoms with Crippen molar-refractivity contribution in [2.75, 3.05) is 6.61 Å². The maximum atomic E-state index is 15.3. The summed E-state index contributed by atoms with van der Waals surface area (Å²) in [4.78, 5) is 0. The fourth-order valence-corrected chi connectivity index (χ4v) is 8.84. The molecule has 0 amide bonds. The number of ether oxygens (including phenoxy) is 2. The van der Waals surface area contributed by atoms with Crippen LogP contribution in [-0.2, 0) is 9.47 Å². The molecule has 1 aliphatic heterocycles. The Morgan fingerprint density at radius 3 is 1.62 bits per heavy atom. The van der Waals surface area contributed by atoms with Crippen LogP contribution in [0.15, 0.2) is 0 Å². The SMILES string of the molecule is CC1CCC(C2CC(F)C(C3CC(F)C(C(F)(F)OC4CCC(C5CC(F)C(F)C(F)C5)CC4)C(F)C3)C(F)C2)OC1. The molecule has 0 aromatic carbocycles. The zero-order valence-corrected chi connectivity index (χ0v) is 24.1. The molecule has 42 heavy (non-hydrogen) atoms. The molecule has 2 nitrogen and oxygen atoms in total. The lowest BCUT2D eigenvalue weighted by molar-refractivity contribution is -0.320. The molecule has 5 fully saturated rings. The third kappa shape index (κ3) is 7.07. The van der Waals surface area contributed by atoms with E-state index in [1.54, 1.807) is 0 Å². The maximum absolute atomic E-state index is 15.3. The Balaban J connectivity index is 1.12. The van der Waals surface area contributed by atoms with Gasteiger partial charge in [0.1, 0.15) is 42.9 Å². The van der Waals surface area contributed by atoms with E-state index in [0.29, 0.717) is 31.8 Å². The summed E-state index contributed by atoms with van der Waals surface area (Å²) < 4.78 is 144. The number of hydrogen-bond acceptors (Lipinski definition) is 2. The Morgan fingerprint density at radius 2 is 1.10 bits per heavy atom. The standard InChI is InChI=1S/C31H45F9O2/c1-15-2-7-27(41-14-15)18-10-21(32)28(22(33)11-18)19-12-23(34)29(24(35)13-19)31(39,40)42-20-5-3-16(4-6-20)17-8-25(36)30(38)26(37)9-17/h15-30H,2-14H2,1H3. The van der Waals surface area contributed by atoms with E-state index in [9.17, 15) is 13.2 Å². The minimum Gasteiger partial charge on any atom is -0.378 e. The molecule has 8 unspecified atom stereocenters. The summed E-state index contributed by atoms with van der Waals surface area (Å²) in [5.74, 6) is -5.14. The topological polar surface area (TPSA) is 18.5 Å². The maximum Gasteiger partial charge on any atom is 0.364 e. The van der Waals surface area contributed by atoms with E-state index in [-0.39, 0.29) is 56.5 Å². The van der Waals surface area contributed by atoms with Crippen molar-refractivity contribution in [3.05, 3.63) is 0 Å². The summed E-state index contributed by atoms with van der Waals surface area (Å²) in [6, 6.07) is 0. The molecule has 1 heterocycles. The molecule has 0 radical (unpaired) electrons. The fourth-order valence-electron chi connectivity index (χ4n) is 8.84. The van der Waals surface area contributed by atoms with Crippen LogP contribution in [0.25, 0.3) is 0 Å². The highest BCUT2D eigenvalue weighted by molar-refractivity contribution is 5.00. The monoisotopic (exact) mass is 620 g/mol. The van der Waals surface area contributed by atoms with Crippen LogP contribution in [0.2, 0.25) is 0 Å². The predicted octanol–water partition coefficient (Wildman–Crippen LogP) is 8.80. The van der Waals surface area contributed by atoms with Gasteiger partial charge in [-0.15, -0.1) is 0 Å². The number of halogens is 9. The highest BCUT2D eigenvalue weighted by atomic mass is 19.3. The average molecular weight is 621 g/mol. The molecule has 0 aromatic rings. The van der Waals surface area contributed by atoms with Gasteiger partial charge in [0.2, 0.25) is 0 Å². The Kier molecular flexibility index (Phi) is 10.4. The van der Waals surface area contributed by atoms with Crippen molar-refractivity contribution in [1.29, 1.82) is 0 Å². The van der Waals surface area contributed by atoms with Gasteiger partial charge in [-0.1, -0.05) is 6.92 Å². The molecule has 8 atom stereocenters. The number of rotatable bonds is 6. The Morgan fingerprint density at radius 1 is 0.571 bits per heavy atom. The summed E-state index contributed by atoms with van der Waals surface area (Å²) in [6.45, 7) is 2.58. The summed E-state index contributed by atoms with van der Waals surface area (Å²) in [7, 11) is 0. The molecule has 11 heteroatoms. The predicted molar refractivity (Wildman–Crippen MR) is 139 cm³/mol. The molecule has 4 saturated carbocycles. The molecule has 0 spiro atoms. The summed E-state index contributed by atoms with van der Waals surface area (Å²) in [6.07, 6.45) is -17.9. The van der Waals surface area contributed by atoms with Crippen LogP contribution in [0.4, 0.5) is 39.5 Å². The van der Waals surface area contributed by atoms with E-state index >= 15 is 26.3 Å². The van der Waals surface area contributed by atoms with E-state index in [1.165, 1.54) is 0 Å². The first-order valence-corrected chi connectivity index (χ1v) is 16.0. The zero-order valence-electron chi connectivity index (χ0n) is 24.1. The second kappa shape index (κ2) is 13.3. The first kappa shape index (κ1) is 32.7. The Hall–Kier alpha value is -0.710. The van der Waals surface area contributed by atoms with Crippen molar-refractivity contribution >= 4 is 0 Å². The lowest BCUT2D eigenvalue weighted by Gasteiger charge is -2.46. The van der Waals surface area contributed by atoms with Gasteiger partial charge in [0.05, 0.1) is 12.2 Å². The number of hydrogen-bond donors (Lipinski definition) is 0. The largest absolute Gasteiger partial charge is 0.378 e. The molecule has 0 aromatic heterocycles. The minimum atomic E-state index is -4.13. The van der Waals surface area contributed by atoms with E-state index in [1.807, 2.05) is 6.92 Å². The van der Waals surface area contributed by atoms with E-state index < -0.39 is 91.9 Å². The second-order valence-corrected chi connectivity index (χ2v) is 14.1. The highest BCUT2D eigenvalue weighted by Gasteiger charge is 2.58. The molecule has 1 saturated heterocycles. The lowest BCUT2D eigenvalue weighted by atomic mass is 9.65. The third-order valence-electron chi connectivity index (χ3n) is 11.2. The van der Waals surface area contributed by atoms with E-state index in [2.05, 4.69) is 0 Å². The van der Waals surface area contributed by atoms with Crippen molar-refractivity contribution in [3.8, 4) is 0 Å². The zero-order chi connectivity index (χ0) is 30.3. The first-order chi connectivity index (χ1) is 19.8. The van der Waals surface area contributed by atoms with Crippen LogP contribution < -0.4 is 0 Å².